The van der Waals surface area contributed by atoms with Crippen molar-refractivity contribution in [2.75, 3.05) is 13.7 Å². The second-order valence-corrected chi connectivity index (χ2v) is 7.22. The lowest BCUT2D eigenvalue weighted by Crippen LogP contribution is -2.47. The van der Waals surface area contributed by atoms with Crippen LogP contribution in [0.25, 0.3) is 0 Å². The Labute approximate surface area is 142 Å². The quantitative estimate of drug-likeness (QED) is 0.678. The van der Waals surface area contributed by atoms with Crippen molar-refractivity contribution in [1.82, 2.24) is 5.32 Å². The Bertz CT molecular complexity index is 493. The van der Waals surface area contributed by atoms with Gasteiger partial charge in [-0.2, -0.15) is 0 Å². The number of carboxylic acids is 1. The molecule has 7 nitrogen and oxygen atoms in total. The molecule has 1 aliphatic carbocycles. The summed E-state index contributed by atoms with van der Waals surface area (Å²) in [6.07, 6.45) is 3.77. The molecule has 2 N–H and O–H groups in total. The number of aliphatic carboxylic acids is 1. The van der Waals surface area contributed by atoms with Crippen molar-refractivity contribution in [2.45, 2.75) is 69.5 Å². The Balaban J connectivity index is 1.79. The maximum Gasteiger partial charge on any atom is 0.312 e. The van der Waals surface area contributed by atoms with Gasteiger partial charge in [0.1, 0.15) is 6.42 Å². The Kier molecular flexibility index (Phi) is 5.13. The molecule has 2 bridgehead atoms. The van der Waals surface area contributed by atoms with Gasteiger partial charge in [0.2, 0.25) is 5.91 Å². The smallest absolute Gasteiger partial charge is 0.312 e. The molecule has 1 amide bonds. The van der Waals surface area contributed by atoms with Gasteiger partial charge in [0.25, 0.3) is 0 Å². The van der Waals surface area contributed by atoms with Crippen molar-refractivity contribution >= 4 is 11.9 Å². The van der Waals surface area contributed by atoms with Crippen LogP contribution in [0.15, 0.2) is 0 Å². The van der Waals surface area contributed by atoms with E-state index in [9.17, 15) is 9.59 Å². The summed E-state index contributed by atoms with van der Waals surface area (Å²) in [6.45, 7) is 2.56. The second-order valence-electron chi connectivity index (χ2n) is 7.22. The highest BCUT2D eigenvalue weighted by Gasteiger charge is 2.59. The summed E-state index contributed by atoms with van der Waals surface area (Å²) in [7, 11) is 1.63. The van der Waals surface area contributed by atoms with E-state index in [4.69, 9.17) is 19.3 Å². The summed E-state index contributed by atoms with van der Waals surface area (Å²) in [4.78, 5) is 22.8. The third kappa shape index (κ3) is 3.58. The molecule has 5 unspecified atom stereocenters. The summed E-state index contributed by atoms with van der Waals surface area (Å²) in [6, 6.07) is -0.245. The van der Waals surface area contributed by atoms with E-state index >= 15 is 0 Å². The Morgan fingerprint density at radius 3 is 2.67 bits per heavy atom. The van der Waals surface area contributed by atoms with E-state index in [0.717, 1.165) is 25.7 Å². The first kappa shape index (κ1) is 17.6. The summed E-state index contributed by atoms with van der Waals surface area (Å²) >= 11 is 0. The van der Waals surface area contributed by atoms with E-state index in [-0.39, 0.29) is 18.2 Å². The minimum atomic E-state index is -1.13. The van der Waals surface area contributed by atoms with Crippen molar-refractivity contribution in [3.63, 3.8) is 0 Å². The summed E-state index contributed by atoms with van der Waals surface area (Å²) in [5, 5.41) is 11.7. The highest BCUT2D eigenvalue weighted by Crippen LogP contribution is 2.54. The molecule has 3 aliphatic rings. The van der Waals surface area contributed by atoms with Crippen LogP contribution in [0, 0.1) is 11.8 Å². The molecule has 2 aliphatic heterocycles. The topological polar surface area (TPSA) is 94.1 Å². The lowest BCUT2D eigenvalue weighted by atomic mass is 9.86. The first-order valence-electron chi connectivity index (χ1n) is 8.83. The summed E-state index contributed by atoms with van der Waals surface area (Å²) in [5.74, 6) is -1.43. The largest absolute Gasteiger partial charge is 0.481 e. The van der Waals surface area contributed by atoms with E-state index < -0.39 is 24.1 Å². The zero-order valence-corrected chi connectivity index (χ0v) is 14.3. The van der Waals surface area contributed by atoms with Gasteiger partial charge in [0, 0.05) is 19.4 Å². The van der Waals surface area contributed by atoms with E-state index in [0.29, 0.717) is 24.9 Å². The molecule has 3 rings (SSSR count). The Morgan fingerprint density at radius 1 is 1.33 bits per heavy atom. The molecule has 0 aromatic carbocycles. The molecule has 2 saturated heterocycles. The van der Waals surface area contributed by atoms with Crippen molar-refractivity contribution in [1.29, 1.82) is 0 Å². The molecular weight excluding hydrogens is 314 g/mol. The van der Waals surface area contributed by atoms with E-state index in [1.54, 1.807) is 7.11 Å². The van der Waals surface area contributed by atoms with Crippen LogP contribution in [0.4, 0.5) is 0 Å². The van der Waals surface area contributed by atoms with Crippen LogP contribution in [0.1, 0.15) is 45.4 Å². The predicted octanol–water partition coefficient (Wildman–Crippen LogP) is 1.30. The van der Waals surface area contributed by atoms with Crippen LogP contribution in [0.5, 0.6) is 0 Å². The number of rotatable bonds is 7. The fraction of sp³-hybridized carbons (Fsp3) is 0.882. The van der Waals surface area contributed by atoms with Crippen LogP contribution in [-0.2, 0) is 23.8 Å². The van der Waals surface area contributed by atoms with Crippen LogP contribution in [0.2, 0.25) is 0 Å². The molecular formula is C17H27NO6. The SMILES string of the molecule is CCC1CC2(C3CC3)OC(COC)CC(NC(=O)CC(=O)O)C1O2. The number of fused-ring (bicyclic) bond motifs is 2. The number of nitrogens with one attached hydrogen (secondary N) is 1. The number of methoxy groups -OCH3 is 1. The number of carboxylic acid groups (broad SMARTS) is 1. The van der Waals surface area contributed by atoms with E-state index in [2.05, 4.69) is 12.2 Å². The van der Waals surface area contributed by atoms with Gasteiger partial charge in [-0.3, -0.25) is 9.59 Å². The zero-order valence-electron chi connectivity index (χ0n) is 14.3. The molecule has 3 fully saturated rings. The highest BCUT2D eigenvalue weighted by atomic mass is 16.7. The molecule has 7 heteroatoms. The Morgan fingerprint density at radius 2 is 2.08 bits per heavy atom. The molecule has 2 heterocycles. The molecule has 0 aromatic heterocycles. The van der Waals surface area contributed by atoms with Crippen LogP contribution in [-0.4, -0.2) is 54.7 Å². The molecule has 136 valence electrons. The molecule has 0 radical (unpaired) electrons. The third-order valence-corrected chi connectivity index (χ3v) is 5.36. The number of carbonyl (C=O) groups is 2. The van der Waals surface area contributed by atoms with Gasteiger partial charge in [-0.05, 0) is 25.2 Å². The van der Waals surface area contributed by atoms with Gasteiger partial charge >= 0.3 is 5.97 Å². The number of ether oxygens (including phenoxy) is 3. The Hall–Kier alpha value is -1.18. The first-order chi connectivity index (χ1) is 11.5. The average molecular weight is 341 g/mol. The van der Waals surface area contributed by atoms with E-state index in [1.165, 1.54) is 0 Å². The second kappa shape index (κ2) is 6.98. The number of hydrogen-bond donors (Lipinski definition) is 2. The lowest BCUT2D eigenvalue weighted by molar-refractivity contribution is -0.253. The average Bonchev–Trinajstić information content (AvgIpc) is 3.29. The molecule has 1 saturated carbocycles. The van der Waals surface area contributed by atoms with Crippen LogP contribution >= 0.6 is 0 Å². The third-order valence-electron chi connectivity index (χ3n) is 5.36. The minimum Gasteiger partial charge on any atom is -0.481 e. The number of hydrogen-bond acceptors (Lipinski definition) is 5. The molecule has 24 heavy (non-hydrogen) atoms. The van der Waals surface area contributed by atoms with Crippen molar-refractivity contribution < 1.29 is 28.9 Å². The normalized spacial score (nSPS) is 38.6. The van der Waals surface area contributed by atoms with E-state index in [1.807, 2.05) is 0 Å². The van der Waals surface area contributed by atoms with Gasteiger partial charge in [0.15, 0.2) is 5.79 Å². The minimum absolute atomic E-state index is 0.129. The monoisotopic (exact) mass is 341 g/mol. The maximum atomic E-state index is 12.0. The van der Waals surface area contributed by atoms with Gasteiger partial charge in [-0.1, -0.05) is 13.3 Å². The zero-order chi connectivity index (χ0) is 17.3. The fourth-order valence-electron chi connectivity index (χ4n) is 4.17. The van der Waals surface area contributed by atoms with Crippen molar-refractivity contribution in [3.8, 4) is 0 Å². The van der Waals surface area contributed by atoms with Gasteiger partial charge in [-0.25, -0.2) is 0 Å². The van der Waals surface area contributed by atoms with Crippen molar-refractivity contribution in [3.05, 3.63) is 0 Å². The fourth-order valence-corrected chi connectivity index (χ4v) is 4.17. The molecule has 5 atom stereocenters. The summed E-state index contributed by atoms with van der Waals surface area (Å²) < 4.78 is 18.0. The van der Waals surface area contributed by atoms with Gasteiger partial charge < -0.3 is 24.6 Å². The predicted molar refractivity (Wildman–Crippen MR) is 84.3 cm³/mol. The van der Waals surface area contributed by atoms with Crippen molar-refractivity contribution in [2.24, 2.45) is 11.8 Å². The van der Waals surface area contributed by atoms with Crippen LogP contribution < -0.4 is 5.32 Å². The maximum absolute atomic E-state index is 12.0. The number of carbonyl (C=O) groups excluding carboxylic acids is 1. The van der Waals surface area contributed by atoms with Gasteiger partial charge in [0.05, 0.1) is 24.9 Å². The van der Waals surface area contributed by atoms with Gasteiger partial charge in [-0.15, -0.1) is 0 Å². The van der Waals surface area contributed by atoms with Crippen LogP contribution in [0.3, 0.4) is 0 Å². The summed E-state index contributed by atoms with van der Waals surface area (Å²) in [5.41, 5.74) is 0. The molecule has 0 aromatic rings. The number of amides is 1. The first-order valence-corrected chi connectivity index (χ1v) is 8.83. The highest BCUT2D eigenvalue weighted by molar-refractivity contribution is 5.93. The molecule has 0 spiro atoms. The lowest BCUT2D eigenvalue weighted by Gasteiger charge is -2.32. The standard InChI is InChI=1S/C17H27NO6/c1-3-10-8-17(11-4-5-11)23-12(9-22-2)6-13(16(10)24-17)18-14(19)7-15(20)21/h10-13,16H,3-9H2,1-2H3,(H,18,19)(H,20,21).